The molecule has 0 aliphatic heterocycles. The molecule has 0 saturated heterocycles. The molecule has 0 fully saturated rings. The molecule has 18 heavy (non-hydrogen) atoms. The van der Waals surface area contributed by atoms with Gasteiger partial charge in [-0.05, 0) is 31.5 Å². The molecule has 4 nitrogen and oxygen atoms in total. The fourth-order valence-corrected chi connectivity index (χ4v) is 2.68. The Hall–Kier alpha value is -1.20. The Kier molecular flexibility index (Phi) is 4.14. The normalized spacial score (nSPS) is 14.4. The number of aromatic nitrogens is 2. The molecule has 0 N–H and O–H groups in total. The van der Waals surface area contributed by atoms with Crippen molar-refractivity contribution in [3.8, 4) is 0 Å². The van der Waals surface area contributed by atoms with Gasteiger partial charge in [-0.25, -0.2) is 0 Å². The summed E-state index contributed by atoms with van der Waals surface area (Å²) >= 11 is 5.80. The number of hydrogen-bond donors (Lipinski definition) is 0. The van der Waals surface area contributed by atoms with Gasteiger partial charge in [0.15, 0.2) is 5.82 Å². The van der Waals surface area contributed by atoms with E-state index in [0.29, 0.717) is 22.5 Å². The highest BCUT2D eigenvalue weighted by Crippen LogP contribution is 2.21. The van der Waals surface area contributed by atoms with Gasteiger partial charge in [-0.15, -0.1) is 0 Å². The monoisotopic (exact) mass is 284 g/mol. The third kappa shape index (κ3) is 3.17. The maximum absolute atomic E-state index is 12.2. The van der Waals surface area contributed by atoms with Crippen LogP contribution >= 0.6 is 11.6 Å². The van der Waals surface area contributed by atoms with Crippen molar-refractivity contribution in [2.24, 2.45) is 0 Å². The van der Waals surface area contributed by atoms with Crippen molar-refractivity contribution >= 4 is 22.4 Å². The van der Waals surface area contributed by atoms with Crippen LogP contribution in [-0.4, -0.2) is 14.3 Å². The molecule has 2 atom stereocenters. The molecule has 0 radical (unpaired) electrons. The molecule has 96 valence electrons. The average molecular weight is 285 g/mol. The van der Waals surface area contributed by atoms with Gasteiger partial charge in [-0.3, -0.25) is 4.21 Å². The van der Waals surface area contributed by atoms with E-state index in [-0.39, 0.29) is 5.25 Å². The summed E-state index contributed by atoms with van der Waals surface area (Å²) in [6, 6.07) is 7.31. The summed E-state index contributed by atoms with van der Waals surface area (Å²) in [5.41, 5.74) is 0.973. The molecule has 1 aromatic carbocycles. The molecule has 2 rings (SSSR count). The molecule has 0 spiro atoms. The van der Waals surface area contributed by atoms with Crippen LogP contribution in [0.5, 0.6) is 0 Å². The quantitative estimate of drug-likeness (QED) is 0.866. The number of nitrogens with zero attached hydrogens (tertiary/aromatic N) is 2. The van der Waals surface area contributed by atoms with E-state index in [1.54, 1.807) is 19.1 Å². The van der Waals surface area contributed by atoms with Crippen molar-refractivity contribution in [3.05, 3.63) is 46.6 Å². The van der Waals surface area contributed by atoms with E-state index < -0.39 is 10.8 Å². The molecule has 0 saturated carbocycles. The third-order valence-electron chi connectivity index (χ3n) is 2.51. The fraction of sp³-hybridized carbons (Fsp3) is 0.333. The summed E-state index contributed by atoms with van der Waals surface area (Å²) in [7, 11) is -1.10. The van der Waals surface area contributed by atoms with Gasteiger partial charge in [0.1, 0.15) is 5.25 Å². The average Bonchev–Trinajstić information content (AvgIpc) is 2.78. The Labute approximate surface area is 113 Å². The van der Waals surface area contributed by atoms with Crippen LogP contribution in [0.15, 0.2) is 28.8 Å². The van der Waals surface area contributed by atoms with E-state index in [9.17, 15) is 4.21 Å². The molecule has 2 aromatic rings. The van der Waals surface area contributed by atoms with Crippen LogP contribution in [-0.2, 0) is 16.6 Å². The molecule has 1 heterocycles. The van der Waals surface area contributed by atoms with Crippen molar-refractivity contribution < 1.29 is 8.73 Å². The molecule has 0 unspecified atom stereocenters. The topological polar surface area (TPSA) is 56.0 Å². The molecule has 0 bridgehead atoms. The zero-order valence-electron chi connectivity index (χ0n) is 10.1. The van der Waals surface area contributed by atoms with Crippen molar-refractivity contribution in [1.82, 2.24) is 10.1 Å². The van der Waals surface area contributed by atoms with Crippen molar-refractivity contribution in [2.75, 3.05) is 0 Å². The van der Waals surface area contributed by atoms with E-state index in [0.717, 1.165) is 5.56 Å². The van der Waals surface area contributed by atoms with E-state index >= 15 is 0 Å². The van der Waals surface area contributed by atoms with Gasteiger partial charge in [0.2, 0.25) is 5.89 Å². The summed E-state index contributed by atoms with van der Waals surface area (Å²) in [5, 5.41) is 4.10. The van der Waals surface area contributed by atoms with Crippen LogP contribution in [0.1, 0.15) is 29.5 Å². The van der Waals surface area contributed by atoms with E-state index in [4.69, 9.17) is 16.1 Å². The molecule has 1 aromatic heterocycles. The third-order valence-corrected chi connectivity index (χ3v) is 4.37. The fourth-order valence-electron chi connectivity index (χ4n) is 1.46. The van der Waals surface area contributed by atoms with Crippen LogP contribution in [0.4, 0.5) is 0 Å². The molecule has 0 aliphatic rings. The largest absolute Gasteiger partial charge is 0.338 e. The summed E-state index contributed by atoms with van der Waals surface area (Å²) in [5.74, 6) is 1.42. The second-order valence-electron chi connectivity index (χ2n) is 3.97. The molecule has 0 amide bonds. The minimum Gasteiger partial charge on any atom is -0.338 e. The van der Waals surface area contributed by atoms with Gasteiger partial charge in [-0.1, -0.05) is 28.9 Å². The van der Waals surface area contributed by atoms with Crippen molar-refractivity contribution in [1.29, 1.82) is 0 Å². The predicted molar refractivity (Wildman–Crippen MR) is 70.7 cm³/mol. The zero-order chi connectivity index (χ0) is 13.1. The Balaban J connectivity index is 2.05. The maximum Gasteiger partial charge on any atom is 0.242 e. The first-order chi connectivity index (χ1) is 8.56. The summed E-state index contributed by atoms with van der Waals surface area (Å²) < 4.78 is 17.2. The van der Waals surface area contributed by atoms with Crippen LogP contribution in [0.2, 0.25) is 5.02 Å². The molecule has 0 aliphatic carbocycles. The van der Waals surface area contributed by atoms with Gasteiger partial charge in [0, 0.05) is 21.6 Å². The molecule has 6 heteroatoms. The standard InChI is InChI=1S/C12H13ClN2O2S/c1-8(12-14-9(2)15-17-12)18(16)7-10-3-5-11(13)6-4-10/h3-6,8H,7H2,1-2H3/t8-,18-/m1/s1. The first-order valence-corrected chi connectivity index (χ1v) is 7.24. The van der Waals surface area contributed by atoms with E-state index in [2.05, 4.69) is 10.1 Å². The van der Waals surface area contributed by atoms with Crippen LogP contribution < -0.4 is 0 Å². The van der Waals surface area contributed by atoms with Gasteiger partial charge in [-0.2, -0.15) is 4.98 Å². The van der Waals surface area contributed by atoms with Crippen LogP contribution in [0, 0.1) is 6.92 Å². The SMILES string of the molecule is Cc1noc([C@@H](C)[S@](=O)Cc2ccc(Cl)cc2)n1. The Bertz CT molecular complexity index is 553. The minimum atomic E-state index is -1.10. The summed E-state index contributed by atoms with van der Waals surface area (Å²) in [4.78, 5) is 4.10. The van der Waals surface area contributed by atoms with E-state index in [1.807, 2.05) is 19.1 Å². The smallest absolute Gasteiger partial charge is 0.242 e. The lowest BCUT2D eigenvalue weighted by Crippen LogP contribution is -2.05. The van der Waals surface area contributed by atoms with Gasteiger partial charge in [0.05, 0.1) is 0 Å². The minimum absolute atomic E-state index is 0.276. The second-order valence-corrected chi connectivity index (χ2v) is 6.17. The number of rotatable bonds is 4. The van der Waals surface area contributed by atoms with Crippen LogP contribution in [0.25, 0.3) is 0 Å². The second kappa shape index (κ2) is 5.63. The lowest BCUT2D eigenvalue weighted by Gasteiger charge is -2.07. The predicted octanol–water partition coefficient (Wildman–Crippen LogP) is 3.04. The maximum atomic E-state index is 12.2. The van der Waals surface area contributed by atoms with Crippen LogP contribution in [0.3, 0.4) is 0 Å². The first kappa shape index (κ1) is 13.2. The summed E-state index contributed by atoms with van der Waals surface area (Å²) in [6.07, 6.45) is 0. The Morgan fingerprint density at radius 1 is 1.39 bits per heavy atom. The number of halogens is 1. The first-order valence-electron chi connectivity index (χ1n) is 5.48. The lowest BCUT2D eigenvalue weighted by atomic mass is 10.2. The highest BCUT2D eigenvalue weighted by Gasteiger charge is 2.19. The van der Waals surface area contributed by atoms with Crippen molar-refractivity contribution in [2.45, 2.75) is 24.9 Å². The van der Waals surface area contributed by atoms with E-state index in [1.165, 1.54) is 0 Å². The lowest BCUT2D eigenvalue weighted by molar-refractivity contribution is 0.375. The molecular weight excluding hydrogens is 272 g/mol. The van der Waals surface area contributed by atoms with Crippen molar-refractivity contribution in [3.63, 3.8) is 0 Å². The number of benzene rings is 1. The number of hydrogen-bond acceptors (Lipinski definition) is 4. The van der Waals surface area contributed by atoms with Gasteiger partial charge < -0.3 is 4.52 Å². The Morgan fingerprint density at radius 2 is 2.06 bits per heavy atom. The molecular formula is C12H13ClN2O2S. The Morgan fingerprint density at radius 3 is 2.61 bits per heavy atom. The zero-order valence-corrected chi connectivity index (χ0v) is 11.7. The highest BCUT2D eigenvalue weighted by atomic mass is 35.5. The summed E-state index contributed by atoms with van der Waals surface area (Å²) in [6.45, 7) is 3.56. The van der Waals surface area contributed by atoms with Gasteiger partial charge in [0.25, 0.3) is 0 Å². The van der Waals surface area contributed by atoms with Gasteiger partial charge >= 0.3 is 0 Å². The highest BCUT2D eigenvalue weighted by molar-refractivity contribution is 7.84. The number of aryl methyl sites for hydroxylation is 1.